The van der Waals surface area contributed by atoms with E-state index in [0.717, 1.165) is 51.4 Å². The molecule has 0 radical (unpaired) electrons. The summed E-state index contributed by atoms with van der Waals surface area (Å²) in [7, 11) is 1.56. The number of aliphatic hydroxyl groups is 1. The van der Waals surface area contributed by atoms with E-state index in [1.807, 2.05) is 33.3 Å². The lowest BCUT2D eigenvalue weighted by atomic mass is 10.0. The molecule has 0 bridgehead atoms. The van der Waals surface area contributed by atoms with Crippen LogP contribution >= 0.6 is 7.82 Å². The van der Waals surface area contributed by atoms with Gasteiger partial charge in [0.05, 0.1) is 39.9 Å². The number of hydrogen-bond acceptors (Lipinski definition) is 5. The lowest BCUT2D eigenvalue weighted by Gasteiger charge is -2.26. The number of carbonyl (C=O) groups excluding carboxylic acids is 1. The lowest BCUT2D eigenvalue weighted by Crippen LogP contribution is -2.46. The van der Waals surface area contributed by atoms with Crippen molar-refractivity contribution in [3.05, 3.63) is 60.8 Å². The number of allylic oxidation sites excluding steroid dienone is 9. The van der Waals surface area contributed by atoms with Crippen molar-refractivity contribution in [2.24, 2.45) is 0 Å². The standard InChI is InChI=1S/C56H105N2O6P/c1-6-8-10-12-14-16-18-20-22-23-24-25-26-27-28-29-30-31-32-33-34-36-37-39-41-43-45-47-49-55(59)54(53-64-65(61,62)63-52-51-58(3,4)5)57-56(60)50-48-46-44-42-40-38-35-21-19-17-15-13-11-9-7-2/h9,11,15,17,21,35,40,42,46,48,54-55,59H,6-8,10,12-14,16,18-20,22-34,36-39,41,43-45,47,49-53H2,1-5H3,(H-,57,60,61,62)/p+1/b11-9-,17-15-,35-21-,42-40-,48-46-. The highest BCUT2D eigenvalue weighted by Crippen LogP contribution is 2.43. The summed E-state index contributed by atoms with van der Waals surface area (Å²) >= 11 is 0. The van der Waals surface area contributed by atoms with Crippen LogP contribution in [0.15, 0.2) is 60.8 Å². The largest absolute Gasteiger partial charge is 0.472 e. The zero-order chi connectivity index (χ0) is 47.8. The summed E-state index contributed by atoms with van der Waals surface area (Å²) in [5.41, 5.74) is 0. The number of phosphoric ester groups is 1. The van der Waals surface area contributed by atoms with Crippen LogP contribution in [-0.2, 0) is 18.4 Å². The molecule has 0 aromatic carbocycles. The maximum absolute atomic E-state index is 12.9. The number of nitrogens with zero attached hydrogens (tertiary/aromatic N) is 1. The minimum absolute atomic E-state index is 0.0561. The molecule has 0 rings (SSSR count). The van der Waals surface area contributed by atoms with Crippen molar-refractivity contribution >= 4 is 13.7 Å². The SMILES string of the molecule is CC/C=C\C/C=C\C/C=C\C/C=C\C/C=C\CC(=O)NC(COP(=O)(O)OCC[N+](C)(C)C)C(O)CCCCCCCCCCCCCCCCCCCCCCCCCCCCCC. The van der Waals surface area contributed by atoms with E-state index in [4.69, 9.17) is 9.05 Å². The molecule has 3 N–H and O–H groups in total. The van der Waals surface area contributed by atoms with E-state index < -0.39 is 20.0 Å². The Kier molecular flexibility index (Phi) is 46.0. The second-order valence-electron chi connectivity index (χ2n) is 19.6. The lowest BCUT2D eigenvalue weighted by molar-refractivity contribution is -0.870. The molecule has 0 aliphatic rings. The van der Waals surface area contributed by atoms with Crippen LogP contribution < -0.4 is 5.32 Å². The monoisotopic (exact) mass is 934 g/mol. The molecule has 0 saturated heterocycles. The normalized spacial score (nSPS) is 14.5. The van der Waals surface area contributed by atoms with Gasteiger partial charge in [-0.1, -0.05) is 254 Å². The predicted octanol–water partition coefficient (Wildman–Crippen LogP) is 16.1. The van der Waals surface area contributed by atoms with Gasteiger partial charge in [-0.3, -0.25) is 13.8 Å². The van der Waals surface area contributed by atoms with E-state index in [-0.39, 0.29) is 25.5 Å². The van der Waals surface area contributed by atoms with E-state index in [1.54, 1.807) is 0 Å². The zero-order valence-electron chi connectivity index (χ0n) is 43.2. The molecule has 3 unspecified atom stereocenters. The van der Waals surface area contributed by atoms with Crippen LogP contribution in [0, 0.1) is 0 Å². The minimum Gasteiger partial charge on any atom is -0.391 e. The van der Waals surface area contributed by atoms with Gasteiger partial charge in [0, 0.05) is 6.42 Å². The number of carbonyl (C=O) groups is 1. The van der Waals surface area contributed by atoms with E-state index in [2.05, 4.69) is 67.8 Å². The number of likely N-dealkylation sites (N-methyl/N-ethyl adjacent to an activating group) is 1. The fourth-order valence-electron chi connectivity index (χ4n) is 7.82. The molecule has 0 aromatic rings. The van der Waals surface area contributed by atoms with Crippen LogP contribution in [0.25, 0.3) is 0 Å². The van der Waals surface area contributed by atoms with Gasteiger partial charge in [0.25, 0.3) is 0 Å². The van der Waals surface area contributed by atoms with E-state index >= 15 is 0 Å². The summed E-state index contributed by atoms with van der Waals surface area (Å²) in [6.07, 6.45) is 63.2. The molecule has 0 heterocycles. The molecule has 8 nitrogen and oxygen atoms in total. The fraction of sp³-hybridized carbons (Fsp3) is 0.804. The number of quaternary nitrogens is 1. The summed E-state index contributed by atoms with van der Waals surface area (Å²) < 4.78 is 23.7. The first kappa shape index (κ1) is 63.2. The van der Waals surface area contributed by atoms with Crippen molar-refractivity contribution in [2.45, 2.75) is 251 Å². The van der Waals surface area contributed by atoms with Gasteiger partial charge in [-0.05, 0) is 38.5 Å². The van der Waals surface area contributed by atoms with Crippen LogP contribution in [0.5, 0.6) is 0 Å². The third-order valence-electron chi connectivity index (χ3n) is 12.1. The quantitative estimate of drug-likeness (QED) is 0.0243. The third-order valence-corrected chi connectivity index (χ3v) is 13.0. The smallest absolute Gasteiger partial charge is 0.391 e. The minimum atomic E-state index is -4.35. The summed E-state index contributed by atoms with van der Waals surface area (Å²) in [6.45, 7) is 4.71. The van der Waals surface area contributed by atoms with Gasteiger partial charge in [-0.25, -0.2) is 4.57 Å². The summed E-state index contributed by atoms with van der Waals surface area (Å²) in [5, 5.41) is 13.9. The molecule has 0 fully saturated rings. The topological polar surface area (TPSA) is 105 Å². The molecule has 65 heavy (non-hydrogen) atoms. The number of phosphoric acid groups is 1. The first-order valence-corrected chi connectivity index (χ1v) is 28.6. The first-order chi connectivity index (χ1) is 31.5. The summed E-state index contributed by atoms with van der Waals surface area (Å²) in [4.78, 5) is 23.2. The molecule has 0 saturated carbocycles. The van der Waals surface area contributed by atoms with Gasteiger partial charge >= 0.3 is 7.82 Å². The predicted molar refractivity (Wildman–Crippen MR) is 281 cm³/mol. The van der Waals surface area contributed by atoms with Crippen molar-refractivity contribution < 1.29 is 32.9 Å². The van der Waals surface area contributed by atoms with Crippen LogP contribution in [-0.4, -0.2) is 73.4 Å². The van der Waals surface area contributed by atoms with Gasteiger partial charge in [-0.2, -0.15) is 0 Å². The van der Waals surface area contributed by atoms with Gasteiger partial charge in [0.2, 0.25) is 5.91 Å². The third kappa shape index (κ3) is 49.9. The molecule has 0 aliphatic heterocycles. The van der Waals surface area contributed by atoms with Gasteiger partial charge in [-0.15, -0.1) is 0 Å². The maximum Gasteiger partial charge on any atom is 0.472 e. The highest BCUT2D eigenvalue weighted by molar-refractivity contribution is 7.47. The fourth-order valence-corrected chi connectivity index (χ4v) is 8.56. The number of rotatable bonds is 49. The number of aliphatic hydroxyl groups excluding tert-OH is 1. The number of hydrogen-bond donors (Lipinski definition) is 3. The molecule has 0 spiro atoms. The zero-order valence-corrected chi connectivity index (χ0v) is 44.1. The molecular formula is C56H106N2O6P+. The Morgan fingerprint density at radius 2 is 0.862 bits per heavy atom. The highest BCUT2D eigenvalue weighted by atomic mass is 31.2. The van der Waals surface area contributed by atoms with Crippen molar-refractivity contribution in [1.29, 1.82) is 0 Å². The Hall–Kier alpha value is -1.80. The van der Waals surface area contributed by atoms with Crippen molar-refractivity contribution in [3.63, 3.8) is 0 Å². The van der Waals surface area contributed by atoms with Crippen LogP contribution in [0.3, 0.4) is 0 Å². The molecule has 0 aliphatic carbocycles. The Labute approximate surface area is 402 Å². The van der Waals surface area contributed by atoms with Gasteiger partial charge in [0.15, 0.2) is 0 Å². The number of nitrogens with one attached hydrogen (secondary N) is 1. The van der Waals surface area contributed by atoms with Crippen LogP contribution in [0.1, 0.15) is 239 Å². The second kappa shape index (κ2) is 47.3. The molecule has 1 amide bonds. The Morgan fingerprint density at radius 3 is 1.22 bits per heavy atom. The van der Waals surface area contributed by atoms with Crippen LogP contribution in [0.4, 0.5) is 0 Å². The molecule has 9 heteroatoms. The Morgan fingerprint density at radius 1 is 0.523 bits per heavy atom. The Bertz CT molecular complexity index is 1240. The molecular weight excluding hydrogens is 828 g/mol. The highest BCUT2D eigenvalue weighted by Gasteiger charge is 2.28. The second-order valence-corrected chi connectivity index (χ2v) is 21.1. The van der Waals surface area contributed by atoms with Crippen LogP contribution in [0.2, 0.25) is 0 Å². The molecule has 380 valence electrons. The summed E-state index contributed by atoms with van der Waals surface area (Å²) in [6, 6.07) is -0.818. The van der Waals surface area contributed by atoms with Gasteiger partial charge in [0.1, 0.15) is 13.2 Å². The van der Waals surface area contributed by atoms with Gasteiger partial charge < -0.3 is 19.8 Å². The molecule has 3 atom stereocenters. The van der Waals surface area contributed by atoms with Crippen molar-refractivity contribution in [2.75, 3.05) is 40.9 Å². The van der Waals surface area contributed by atoms with E-state index in [1.165, 1.54) is 161 Å². The van der Waals surface area contributed by atoms with Crippen molar-refractivity contribution in [1.82, 2.24) is 5.32 Å². The maximum atomic E-state index is 12.9. The van der Waals surface area contributed by atoms with Crippen molar-refractivity contribution in [3.8, 4) is 0 Å². The Balaban J connectivity index is 4.19. The summed E-state index contributed by atoms with van der Waals surface area (Å²) in [5.74, 6) is -0.270. The first-order valence-electron chi connectivity index (χ1n) is 27.2. The number of amides is 1. The van der Waals surface area contributed by atoms with E-state index in [9.17, 15) is 19.4 Å². The molecule has 0 aromatic heterocycles. The average molecular weight is 934 g/mol. The number of unbranched alkanes of at least 4 members (excludes halogenated alkanes) is 27. The average Bonchev–Trinajstić information content (AvgIpc) is 3.26. The van der Waals surface area contributed by atoms with E-state index in [0.29, 0.717) is 17.4 Å².